The van der Waals surface area contributed by atoms with Crippen molar-refractivity contribution in [2.24, 2.45) is 28.6 Å². The summed E-state index contributed by atoms with van der Waals surface area (Å²) in [4.78, 5) is 24.7. The van der Waals surface area contributed by atoms with Gasteiger partial charge in [0, 0.05) is 23.7 Å². The number of hydrogen-bond acceptors (Lipinski definition) is 5. The van der Waals surface area contributed by atoms with Gasteiger partial charge >= 0.3 is 0 Å². The number of allylic oxidation sites excluding steroid dienone is 3. The van der Waals surface area contributed by atoms with Gasteiger partial charge in [-0.25, -0.2) is 0 Å². The van der Waals surface area contributed by atoms with Crippen molar-refractivity contribution < 1.29 is 22.2 Å². The maximum atomic E-state index is 12.6. The van der Waals surface area contributed by atoms with Crippen LogP contribution in [0.5, 0.6) is 0 Å². The molecule has 0 saturated heterocycles. The lowest BCUT2D eigenvalue weighted by Gasteiger charge is -2.56. The molecule has 4 rings (SSSR count). The topological polar surface area (TPSA) is 77.5 Å². The molecule has 3 unspecified atom stereocenters. The van der Waals surface area contributed by atoms with Gasteiger partial charge in [-0.2, -0.15) is 8.42 Å². The van der Waals surface area contributed by atoms with Gasteiger partial charge in [0.25, 0.3) is 10.1 Å². The number of carbonyl (C=O) groups is 2. The first-order chi connectivity index (χ1) is 12.5. The Bertz CT molecular complexity index is 867. The lowest BCUT2D eigenvalue weighted by Crippen LogP contribution is -2.50. The van der Waals surface area contributed by atoms with Gasteiger partial charge in [-0.1, -0.05) is 25.5 Å². The zero-order chi connectivity index (χ0) is 19.6. The number of rotatable bonds is 3. The SMILES string of the molecule is C[C@]12C=CC(=O)CC1=C(COS(C)(=O)=O)CC1C2CC[C@]2(C)C(=O)CCC12. The molecule has 0 heterocycles. The van der Waals surface area contributed by atoms with Gasteiger partial charge in [-0.05, 0) is 55.1 Å². The van der Waals surface area contributed by atoms with Crippen LogP contribution in [-0.4, -0.2) is 32.8 Å². The van der Waals surface area contributed by atoms with E-state index >= 15 is 0 Å². The third kappa shape index (κ3) is 2.96. The van der Waals surface area contributed by atoms with Crippen molar-refractivity contribution in [3.8, 4) is 0 Å². The molecule has 0 aromatic heterocycles. The summed E-state index contributed by atoms with van der Waals surface area (Å²) in [5.74, 6) is 1.51. The van der Waals surface area contributed by atoms with Crippen molar-refractivity contribution >= 4 is 21.7 Å². The van der Waals surface area contributed by atoms with E-state index < -0.39 is 10.1 Å². The van der Waals surface area contributed by atoms with Gasteiger partial charge in [-0.15, -0.1) is 0 Å². The van der Waals surface area contributed by atoms with Crippen LogP contribution in [-0.2, 0) is 23.9 Å². The van der Waals surface area contributed by atoms with Crippen LogP contribution < -0.4 is 0 Å². The predicted octanol–water partition coefficient (Wildman–Crippen LogP) is 3.21. The molecule has 148 valence electrons. The molecule has 0 N–H and O–H groups in total. The molecule has 27 heavy (non-hydrogen) atoms. The van der Waals surface area contributed by atoms with Crippen LogP contribution in [0.3, 0.4) is 0 Å². The first-order valence-corrected chi connectivity index (χ1v) is 11.7. The zero-order valence-corrected chi connectivity index (χ0v) is 17.1. The number of fused-ring (bicyclic) bond motifs is 5. The van der Waals surface area contributed by atoms with E-state index in [1.807, 2.05) is 6.08 Å². The molecule has 2 fully saturated rings. The molecular formula is C21H28O5S. The lowest BCUT2D eigenvalue weighted by molar-refractivity contribution is -0.131. The van der Waals surface area contributed by atoms with Crippen molar-refractivity contribution in [1.82, 2.24) is 0 Å². The second-order valence-corrected chi connectivity index (χ2v) is 11.0. The average molecular weight is 393 g/mol. The lowest BCUT2D eigenvalue weighted by atomic mass is 9.48. The van der Waals surface area contributed by atoms with Gasteiger partial charge in [-0.3, -0.25) is 13.8 Å². The van der Waals surface area contributed by atoms with E-state index in [-0.39, 0.29) is 23.2 Å². The van der Waals surface area contributed by atoms with E-state index in [4.69, 9.17) is 4.18 Å². The molecule has 0 radical (unpaired) electrons. The van der Waals surface area contributed by atoms with Gasteiger partial charge in [0.15, 0.2) is 5.78 Å². The molecule has 0 aliphatic heterocycles. The third-order valence-corrected chi connectivity index (χ3v) is 8.44. The fourth-order valence-electron chi connectivity index (χ4n) is 6.46. The first kappa shape index (κ1) is 19.1. The second-order valence-electron chi connectivity index (χ2n) is 9.31. The summed E-state index contributed by atoms with van der Waals surface area (Å²) in [5, 5.41) is 0. The summed E-state index contributed by atoms with van der Waals surface area (Å²) < 4.78 is 28.3. The molecule has 0 spiro atoms. The Balaban J connectivity index is 1.76. The number of carbonyl (C=O) groups excluding carboxylic acids is 2. The van der Waals surface area contributed by atoms with E-state index in [9.17, 15) is 18.0 Å². The van der Waals surface area contributed by atoms with Crippen molar-refractivity contribution in [2.75, 3.05) is 12.9 Å². The minimum atomic E-state index is -3.55. The minimum Gasteiger partial charge on any atom is -0.299 e. The van der Waals surface area contributed by atoms with E-state index in [1.54, 1.807) is 6.08 Å². The van der Waals surface area contributed by atoms with Gasteiger partial charge < -0.3 is 0 Å². The molecule has 6 heteroatoms. The van der Waals surface area contributed by atoms with E-state index in [0.29, 0.717) is 36.4 Å². The fraction of sp³-hybridized carbons (Fsp3) is 0.714. The number of ketones is 2. The summed E-state index contributed by atoms with van der Waals surface area (Å²) >= 11 is 0. The number of Topliss-reactive ketones (excluding diaryl/α,β-unsaturated/α-hetero) is 1. The Hall–Kier alpha value is -1.27. The van der Waals surface area contributed by atoms with Crippen LogP contribution >= 0.6 is 0 Å². The molecule has 4 aliphatic carbocycles. The first-order valence-electron chi connectivity index (χ1n) is 9.86. The highest BCUT2D eigenvalue weighted by atomic mass is 32.2. The van der Waals surface area contributed by atoms with Crippen molar-refractivity contribution in [1.29, 1.82) is 0 Å². The van der Waals surface area contributed by atoms with Crippen LogP contribution in [0.2, 0.25) is 0 Å². The summed E-state index contributed by atoms with van der Waals surface area (Å²) in [5.41, 5.74) is 1.50. The van der Waals surface area contributed by atoms with E-state index in [2.05, 4.69) is 13.8 Å². The van der Waals surface area contributed by atoms with Crippen LogP contribution in [0.25, 0.3) is 0 Å². The van der Waals surface area contributed by atoms with Gasteiger partial charge in [0.2, 0.25) is 0 Å². The quantitative estimate of drug-likeness (QED) is 0.544. The molecule has 2 saturated carbocycles. The van der Waals surface area contributed by atoms with Crippen molar-refractivity contribution in [3.05, 3.63) is 23.3 Å². The zero-order valence-electron chi connectivity index (χ0n) is 16.3. The molecular weight excluding hydrogens is 364 g/mol. The number of hydrogen-bond donors (Lipinski definition) is 0. The minimum absolute atomic E-state index is 0.0193. The molecule has 0 bridgehead atoms. The Morgan fingerprint density at radius 3 is 2.63 bits per heavy atom. The highest BCUT2D eigenvalue weighted by molar-refractivity contribution is 7.86. The molecule has 4 aliphatic rings. The standard InChI is InChI=1S/C21H28O5S/c1-20-8-6-14(22)11-18(20)13(12-26-27(3,24)25)10-15-16-4-5-19(23)21(16,2)9-7-17(15)20/h6,8,15-17H,4-5,7,9-12H2,1-3H3/t15?,16?,17?,20-,21+/m1/s1. The van der Waals surface area contributed by atoms with Crippen molar-refractivity contribution in [2.45, 2.75) is 52.4 Å². The van der Waals surface area contributed by atoms with Crippen LogP contribution in [0, 0.1) is 28.6 Å². The maximum Gasteiger partial charge on any atom is 0.264 e. The average Bonchev–Trinajstić information content (AvgIpc) is 2.88. The smallest absolute Gasteiger partial charge is 0.264 e. The fourth-order valence-corrected chi connectivity index (χ4v) is 6.82. The normalized spacial score (nSPS) is 41.4. The predicted molar refractivity (Wildman–Crippen MR) is 101 cm³/mol. The Labute approximate surface area is 161 Å². The molecule has 0 amide bonds. The molecule has 0 aromatic carbocycles. The molecule has 0 aromatic rings. The Kier molecular flexibility index (Phi) is 4.32. The monoisotopic (exact) mass is 392 g/mol. The van der Waals surface area contributed by atoms with Gasteiger partial charge in [0.1, 0.15) is 5.78 Å². The largest absolute Gasteiger partial charge is 0.299 e. The van der Waals surface area contributed by atoms with E-state index in [0.717, 1.165) is 43.1 Å². The summed E-state index contributed by atoms with van der Waals surface area (Å²) in [6.07, 6.45) is 9.33. The highest BCUT2D eigenvalue weighted by Crippen LogP contribution is 2.64. The van der Waals surface area contributed by atoms with E-state index in [1.165, 1.54) is 0 Å². The summed E-state index contributed by atoms with van der Waals surface area (Å²) in [6.45, 7) is 4.32. The Morgan fingerprint density at radius 1 is 1.19 bits per heavy atom. The van der Waals surface area contributed by atoms with Gasteiger partial charge in [0.05, 0.1) is 12.9 Å². The molecule has 5 atom stereocenters. The van der Waals surface area contributed by atoms with Crippen LogP contribution in [0.4, 0.5) is 0 Å². The van der Waals surface area contributed by atoms with Crippen molar-refractivity contribution in [3.63, 3.8) is 0 Å². The Morgan fingerprint density at radius 2 is 1.93 bits per heavy atom. The summed E-state index contributed by atoms with van der Waals surface area (Å²) in [6, 6.07) is 0. The van der Waals surface area contributed by atoms with Crippen LogP contribution in [0.15, 0.2) is 23.3 Å². The highest BCUT2D eigenvalue weighted by Gasteiger charge is 2.59. The summed E-state index contributed by atoms with van der Waals surface area (Å²) in [7, 11) is -3.55. The molecule has 5 nitrogen and oxygen atoms in total. The maximum absolute atomic E-state index is 12.6. The second kappa shape index (κ2) is 6.11. The third-order valence-electron chi connectivity index (χ3n) is 7.89. The van der Waals surface area contributed by atoms with Crippen LogP contribution in [0.1, 0.15) is 52.4 Å².